The van der Waals surface area contributed by atoms with Crippen LogP contribution in [0.4, 0.5) is 0 Å². The van der Waals surface area contributed by atoms with E-state index in [0.29, 0.717) is 16.9 Å². The second-order valence-electron chi connectivity index (χ2n) is 6.06. The maximum atomic E-state index is 12.4. The molecule has 0 bridgehead atoms. The van der Waals surface area contributed by atoms with Crippen LogP contribution in [0, 0.1) is 11.3 Å². The maximum absolute atomic E-state index is 12.4. The molecule has 27 heavy (non-hydrogen) atoms. The van der Waals surface area contributed by atoms with E-state index in [1.807, 2.05) is 18.2 Å². The molecule has 3 rings (SSSR count). The lowest BCUT2D eigenvalue weighted by atomic mass is 10.2. The molecule has 0 amide bonds. The summed E-state index contributed by atoms with van der Waals surface area (Å²) in [6, 6.07) is 16.3. The van der Waals surface area contributed by atoms with E-state index in [1.165, 1.54) is 0 Å². The molecule has 2 aromatic carbocycles. The summed E-state index contributed by atoms with van der Waals surface area (Å²) in [5.74, 6) is 1.12. The van der Waals surface area contributed by atoms with Crippen LogP contribution in [0.2, 0.25) is 0 Å². The molecule has 2 aromatic rings. The summed E-state index contributed by atoms with van der Waals surface area (Å²) in [5.41, 5.74) is 1.14. The zero-order chi connectivity index (χ0) is 18.9. The average Bonchev–Trinajstić information content (AvgIpc) is 3.24. The number of ether oxygens (including phenoxy) is 3. The number of esters is 1. The highest BCUT2D eigenvalue weighted by Crippen LogP contribution is 2.27. The second-order valence-corrected chi connectivity index (χ2v) is 7.12. The third kappa shape index (κ3) is 5.75. The molecule has 0 saturated carbocycles. The van der Waals surface area contributed by atoms with Gasteiger partial charge in [-0.15, -0.1) is 11.8 Å². The molecule has 0 aliphatic carbocycles. The van der Waals surface area contributed by atoms with Crippen LogP contribution in [0.3, 0.4) is 0 Å². The quantitative estimate of drug-likeness (QED) is 0.389. The summed E-state index contributed by atoms with van der Waals surface area (Å²) in [7, 11) is 0. The molecule has 1 aliphatic heterocycles. The number of rotatable bonds is 8. The summed E-state index contributed by atoms with van der Waals surface area (Å²) >= 11 is 1.63. The first-order valence-corrected chi connectivity index (χ1v) is 9.88. The smallest absolute Gasteiger partial charge is 0.339 e. The largest absolute Gasteiger partial charge is 0.490 e. The fourth-order valence-corrected chi connectivity index (χ4v) is 3.83. The molecule has 1 fully saturated rings. The summed E-state index contributed by atoms with van der Waals surface area (Å²) < 4.78 is 16.5. The Hall–Kier alpha value is -2.49. The lowest BCUT2D eigenvalue weighted by Gasteiger charge is -2.12. The lowest BCUT2D eigenvalue weighted by Crippen LogP contribution is -2.13. The van der Waals surface area contributed by atoms with Gasteiger partial charge in [0.2, 0.25) is 0 Å². The first kappa shape index (κ1) is 19.3. The molecule has 1 saturated heterocycles. The molecule has 1 unspecified atom stereocenters. The molecule has 0 N–H and O–H groups in total. The molecule has 0 radical (unpaired) electrons. The molecule has 0 spiro atoms. The van der Waals surface area contributed by atoms with Crippen molar-refractivity contribution in [1.29, 1.82) is 5.26 Å². The number of carbonyl (C=O) groups is 1. The Kier molecular flexibility index (Phi) is 7.14. The summed E-state index contributed by atoms with van der Waals surface area (Å²) in [6.45, 7) is 1.24. The van der Waals surface area contributed by atoms with Crippen LogP contribution >= 0.6 is 11.8 Å². The van der Waals surface area contributed by atoms with Crippen molar-refractivity contribution in [2.75, 3.05) is 25.6 Å². The minimum Gasteiger partial charge on any atom is -0.490 e. The van der Waals surface area contributed by atoms with Gasteiger partial charge in [-0.05, 0) is 49.2 Å². The van der Waals surface area contributed by atoms with Gasteiger partial charge in [0.1, 0.15) is 19.0 Å². The molecule has 1 aliphatic rings. The first-order chi connectivity index (χ1) is 13.3. The van der Waals surface area contributed by atoms with Crippen molar-refractivity contribution >= 4 is 17.7 Å². The first-order valence-electron chi connectivity index (χ1n) is 8.90. The lowest BCUT2D eigenvalue weighted by molar-refractivity contribution is 0.0446. The van der Waals surface area contributed by atoms with Crippen LogP contribution in [0.15, 0.2) is 53.4 Å². The Labute approximate surface area is 163 Å². The predicted octanol–water partition coefficient (Wildman–Crippen LogP) is 4.07. The van der Waals surface area contributed by atoms with Crippen molar-refractivity contribution in [3.63, 3.8) is 0 Å². The molecule has 0 aromatic heterocycles. The minimum atomic E-state index is -0.353. The van der Waals surface area contributed by atoms with Gasteiger partial charge >= 0.3 is 5.97 Å². The van der Waals surface area contributed by atoms with Gasteiger partial charge in [0.15, 0.2) is 0 Å². The maximum Gasteiger partial charge on any atom is 0.339 e. The monoisotopic (exact) mass is 383 g/mol. The van der Waals surface area contributed by atoms with Crippen molar-refractivity contribution in [1.82, 2.24) is 0 Å². The van der Waals surface area contributed by atoms with Gasteiger partial charge in [0.25, 0.3) is 0 Å². The van der Waals surface area contributed by atoms with Crippen molar-refractivity contribution in [2.24, 2.45) is 0 Å². The summed E-state index contributed by atoms with van der Waals surface area (Å²) in [6.07, 6.45) is 2.44. The van der Waals surface area contributed by atoms with E-state index in [9.17, 15) is 4.79 Å². The number of carbonyl (C=O) groups excluding carboxylic acids is 1. The number of nitriles is 1. The molecule has 6 heteroatoms. The second kappa shape index (κ2) is 10.0. The molecular formula is C21H21NO4S. The van der Waals surface area contributed by atoms with E-state index >= 15 is 0 Å². The Morgan fingerprint density at radius 1 is 1.19 bits per heavy atom. The van der Waals surface area contributed by atoms with Gasteiger partial charge in [-0.25, -0.2) is 4.79 Å². The number of thioether (sulfide) groups is 1. The topological polar surface area (TPSA) is 68.5 Å². The highest BCUT2D eigenvalue weighted by atomic mass is 32.2. The van der Waals surface area contributed by atoms with Crippen LogP contribution in [-0.4, -0.2) is 37.6 Å². The van der Waals surface area contributed by atoms with E-state index < -0.39 is 0 Å². The van der Waals surface area contributed by atoms with E-state index in [0.717, 1.165) is 30.1 Å². The molecule has 1 atom stereocenters. The summed E-state index contributed by atoms with van der Waals surface area (Å²) in [4.78, 5) is 13.3. The number of benzene rings is 2. The minimum absolute atomic E-state index is 0.156. The predicted molar refractivity (Wildman–Crippen MR) is 103 cm³/mol. The van der Waals surface area contributed by atoms with Gasteiger partial charge in [-0.1, -0.05) is 12.1 Å². The number of hydrogen-bond acceptors (Lipinski definition) is 6. The highest BCUT2D eigenvalue weighted by Gasteiger charge is 2.18. The zero-order valence-electron chi connectivity index (χ0n) is 14.9. The fraction of sp³-hybridized carbons (Fsp3) is 0.333. The third-order valence-corrected chi connectivity index (χ3v) is 5.33. The van der Waals surface area contributed by atoms with Crippen LogP contribution in [0.1, 0.15) is 28.8 Å². The van der Waals surface area contributed by atoms with Gasteiger partial charge < -0.3 is 14.2 Å². The molecule has 5 nitrogen and oxygen atoms in total. The average molecular weight is 383 g/mol. The summed E-state index contributed by atoms with van der Waals surface area (Å²) in [5, 5.41) is 8.78. The van der Waals surface area contributed by atoms with Crippen LogP contribution in [0.5, 0.6) is 5.75 Å². The van der Waals surface area contributed by atoms with Crippen molar-refractivity contribution in [3.8, 4) is 11.8 Å². The van der Waals surface area contributed by atoms with Crippen molar-refractivity contribution in [2.45, 2.75) is 23.8 Å². The highest BCUT2D eigenvalue weighted by molar-refractivity contribution is 7.99. The van der Waals surface area contributed by atoms with E-state index in [1.54, 1.807) is 42.1 Å². The van der Waals surface area contributed by atoms with E-state index in [-0.39, 0.29) is 25.3 Å². The number of nitrogens with zero attached hydrogens (tertiary/aromatic N) is 1. The Morgan fingerprint density at radius 2 is 2.00 bits per heavy atom. The van der Waals surface area contributed by atoms with Gasteiger partial charge in [0, 0.05) is 17.3 Å². The van der Waals surface area contributed by atoms with Crippen LogP contribution < -0.4 is 4.74 Å². The Bertz CT molecular complexity index is 795. The third-order valence-electron chi connectivity index (χ3n) is 4.12. The van der Waals surface area contributed by atoms with Gasteiger partial charge in [0.05, 0.1) is 23.3 Å². The Balaban J connectivity index is 1.46. The van der Waals surface area contributed by atoms with Crippen molar-refractivity contribution < 1.29 is 19.0 Å². The Morgan fingerprint density at radius 3 is 2.74 bits per heavy atom. The van der Waals surface area contributed by atoms with Crippen LogP contribution in [0.25, 0.3) is 0 Å². The van der Waals surface area contributed by atoms with Gasteiger partial charge in [-0.2, -0.15) is 5.26 Å². The van der Waals surface area contributed by atoms with E-state index in [2.05, 4.69) is 6.07 Å². The molecular weight excluding hydrogens is 362 g/mol. The number of hydrogen-bond donors (Lipinski definition) is 0. The normalized spacial score (nSPS) is 15.9. The fourth-order valence-electron chi connectivity index (χ4n) is 2.72. The SMILES string of the molecule is N#Cc1ccc(OCCOC(=O)c2ccccc2SCC2CCCO2)cc1. The zero-order valence-corrected chi connectivity index (χ0v) is 15.7. The van der Waals surface area contributed by atoms with Crippen LogP contribution in [-0.2, 0) is 9.47 Å². The van der Waals surface area contributed by atoms with E-state index in [4.69, 9.17) is 19.5 Å². The van der Waals surface area contributed by atoms with Gasteiger partial charge in [-0.3, -0.25) is 0 Å². The molecule has 1 heterocycles. The standard InChI is InChI=1S/C21H21NO4S/c22-14-16-7-9-17(10-8-16)25-12-13-26-21(23)19-5-1-2-6-20(19)27-15-18-4-3-11-24-18/h1-2,5-10,18H,3-4,11-13,15H2. The molecule has 140 valence electrons. The van der Waals surface area contributed by atoms with Crippen molar-refractivity contribution in [3.05, 3.63) is 59.7 Å².